The maximum absolute atomic E-state index is 13.2. The zero-order valence-electron chi connectivity index (χ0n) is 13.9. The van der Waals surface area contributed by atoms with Crippen molar-refractivity contribution in [3.8, 4) is 17.1 Å². The Morgan fingerprint density at radius 3 is 2.65 bits per heavy atom. The zero-order valence-corrected chi connectivity index (χ0v) is 15.5. The van der Waals surface area contributed by atoms with Crippen molar-refractivity contribution in [2.24, 2.45) is 0 Å². The summed E-state index contributed by atoms with van der Waals surface area (Å²) in [6, 6.07) is 17.5. The van der Waals surface area contributed by atoms with Crippen LogP contribution in [0.3, 0.4) is 0 Å². The topological polar surface area (TPSA) is 39.4 Å². The first kappa shape index (κ1) is 15.6. The SMILES string of the molecule is O=C1c2c(oc3ccccc23)-c2ccc(OCCCBr)c3cccc1c23. The van der Waals surface area contributed by atoms with E-state index in [1.807, 2.05) is 54.6 Å². The molecule has 5 rings (SSSR count). The highest BCUT2D eigenvalue weighted by atomic mass is 79.9. The molecule has 0 bridgehead atoms. The molecule has 0 radical (unpaired) electrons. The molecule has 26 heavy (non-hydrogen) atoms. The Morgan fingerprint density at radius 1 is 0.923 bits per heavy atom. The molecule has 0 N–H and O–H groups in total. The number of ether oxygens (including phenoxy) is 1. The summed E-state index contributed by atoms with van der Waals surface area (Å²) in [5.74, 6) is 1.48. The van der Waals surface area contributed by atoms with Crippen LogP contribution in [0.1, 0.15) is 22.3 Å². The number of carbonyl (C=O) groups excluding carboxylic acids is 1. The summed E-state index contributed by atoms with van der Waals surface area (Å²) >= 11 is 3.42. The molecule has 1 aliphatic rings. The molecular weight excluding hydrogens is 392 g/mol. The van der Waals surface area contributed by atoms with Gasteiger partial charge < -0.3 is 9.15 Å². The number of ketones is 1. The van der Waals surface area contributed by atoms with E-state index in [0.717, 1.165) is 44.8 Å². The van der Waals surface area contributed by atoms with Crippen LogP contribution < -0.4 is 4.74 Å². The highest BCUT2D eigenvalue weighted by Gasteiger charge is 2.31. The van der Waals surface area contributed by atoms with Crippen molar-refractivity contribution in [3.63, 3.8) is 0 Å². The third kappa shape index (κ3) is 2.15. The van der Waals surface area contributed by atoms with Crippen molar-refractivity contribution in [2.75, 3.05) is 11.9 Å². The van der Waals surface area contributed by atoms with Crippen LogP contribution in [0.15, 0.2) is 59.0 Å². The van der Waals surface area contributed by atoms with Gasteiger partial charge in [-0.15, -0.1) is 0 Å². The number of carbonyl (C=O) groups is 1. The molecule has 128 valence electrons. The van der Waals surface area contributed by atoms with Gasteiger partial charge in [-0.05, 0) is 24.6 Å². The minimum Gasteiger partial charge on any atom is -0.493 e. The molecule has 1 aliphatic carbocycles. The van der Waals surface area contributed by atoms with Crippen LogP contribution in [0.2, 0.25) is 0 Å². The molecule has 0 atom stereocenters. The molecule has 1 heterocycles. The number of furan rings is 1. The molecule has 4 aromatic rings. The smallest absolute Gasteiger partial charge is 0.198 e. The summed E-state index contributed by atoms with van der Waals surface area (Å²) < 4.78 is 12.0. The highest BCUT2D eigenvalue weighted by molar-refractivity contribution is 9.09. The predicted octanol–water partition coefficient (Wildman–Crippen LogP) is 5.96. The maximum atomic E-state index is 13.2. The fourth-order valence-electron chi connectivity index (χ4n) is 3.72. The third-order valence-corrected chi connectivity index (χ3v) is 5.41. The molecule has 3 aromatic carbocycles. The second-order valence-corrected chi connectivity index (χ2v) is 7.15. The number of hydrogen-bond donors (Lipinski definition) is 0. The summed E-state index contributed by atoms with van der Waals surface area (Å²) in [5.41, 5.74) is 3.06. The number of hydrogen-bond acceptors (Lipinski definition) is 3. The van der Waals surface area contributed by atoms with Crippen molar-refractivity contribution in [2.45, 2.75) is 6.42 Å². The highest BCUT2D eigenvalue weighted by Crippen LogP contribution is 2.45. The van der Waals surface area contributed by atoms with Crippen molar-refractivity contribution in [3.05, 3.63) is 65.7 Å². The van der Waals surface area contributed by atoms with E-state index in [2.05, 4.69) is 15.9 Å². The van der Waals surface area contributed by atoms with Gasteiger partial charge in [0.1, 0.15) is 17.1 Å². The molecular formula is C22H15BrO3. The Kier molecular flexibility index (Phi) is 3.61. The largest absolute Gasteiger partial charge is 0.493 e. The lowest BCUT2D eigenvalue weighted by atomic mass is 9.85. The molecule has 0 saturated heterocycles. The summed E-state index contributed by atoms with van der Waals surface area (Å²) in [6.07, 6.45) is 0.926. The molecule has 0 unspecified atom stereocenters. The van der Waals surface area contributed by atoms with Crippen LogP contribution in [-0.4, -0.2) is 17.7 Å². The average molecular weight is 407 g/mol. The van der Waals surface area contributed by atoms with Crippen LogP contribution in [-0.2, 0) is 0 Å². The number of fused-ring (bicyclic) bond motifs is 4. The fraction of sp³-hybridized carbons (Fsp3) is 0.136. The number of alkyl halides is 1. The second-order valence-electron chi connectivity index (χ2n) is 6.36. The molecule has 3 nitrogen and oxygen atoms in total. The standard InChI is InChI=1S/C22H15BrO3/c23-11-4-12-25-17-10-9-16-19-13(17)6-3-7-15(19)21(24)20-14-5-1-2-8-18(14)26-22(16)20/h1-3,5-10H,4,11-12H2. The average Bonchev–Trinajstić information content (AvgIpc) is 3.06. The summed E-state index contributed by atoms with van der Waals surface area (Å²) in [7, 11) is 0. The third-order valence-electron chi connectivity index (χ3n) is 4.85. The van der Waals surface area contributed by atoms with E-state index >= 15 is 0 Å². The molecule has 0 amide bonds. The molecule has 0 spiro atoms. The van der Waals surface area contributed by atoms with Gasteiger partial charge in [0, 0.05) is 32.6 Å². The van der Waals surface area contributed by atoms with Gasteiger partial charge in [0.25, 0.3) is 0 Å². The van der Waals surface area contributed by atoms with Gasteiger partial charge in [0.05, 0.1) is 12.2 Å². The van der Waals surface area contributed by atoms with E-state index in [-0.39, 0.29) is 5.78 Å². The number of rotatable bonds is 4. The van der Waals surface area contributed by atoms with Crippen molar-refractivity contribution in [1.29, 1.82) is 0 Å². The summed E-state index contributed by atoms with van der Waals surface area (Å²) in [6.45, 7) is 0.633. The Bertz CT molecular complexity index is 1170. The zero-order chi connectivity index (χ0) is 17.7. The first-order valence-corrected chi connectivity index (χ1v) is 9.73. The van der Waals surface area contributed by atoms with Gasteiger partial charge in [-0.2, -0.15) is 0 Å². The van der Waals surface area contributed by atoms with Gasteiger partial charge in [-0.1, -0.05) is 52.3 Å². The molecule has 4 heteroatoms. The van der Waals surface area contributed by atoms with Crippen LogP contribution in [0, 0.1) is 0 Å². The first-order chi connectivity index (χ1) is 12.8. The number of benzene rings is 3. The molecule has 0 aliphatic heterocycles. The summed E-state index contributed by atoms with van der Waals surface area (Å²) in [4.78, 5) is 13.2. The minimum absolute atomic E-state index is 0.0145. The quantitative estimate of drug-likeness (QED) is 0.273. The summed E-state index contributed by atoms with van der Waals surface area (Å²) in [5, 5.41) is 3.64. The molecule has 0 fully saturated rings. The Balaban J connectivity index is 1.79. The van der Waals surface area contributed by atoms with E-state index < -0.39 is 0 Å². The normalized spacial score (nSPS) is 12.6. The van der Waals surface area contributed by atoms with Crippen molar-refractivity contribution in [1.82, 2.24) is 0 Å². The lowest BCUT2D eigenvalue weighted by molar-refractivity contribution is 0.104. The molecule has 1 aromatic heterocycles. The Morgan fingerprint density at radius 2 is 1.77 bits per heavy atom. The maximum Gasteiger partial charge on any atom is 0.198 e. The van der Waals surface area contributed by atoms with Gasteiger partial charge >= 0.3 is 0 Å². The molecule has 0 saturated carbocycles. The van der Waals surface area contributed by atoms with Crippen LogP contribution >= 0.6 is 15.9 Å². The van der Waals surface area contributed by atoms with E-state index in [4.69, 9.17) is 9.15 Å². The number of halogens is 1. The van der Waals surface area contributed by atoms with Crippen LogP contribution in [0.4, 0.5) is 0 Å². The van der Waals surface area contributed by atoms with E-state index in [1.54, 1.807) is 0 Å². The monoisotopic (exact) mass is 406 g/mol. The Labute approximate surface area is 158 Å². The van der Waals surface area contributed by atoms with Crippen LogP contribution in [0.5, 0.6) is 5.75 Å². The lowest BCUT2D eigenvalue weighted by Crippen LogP contribution is -2.09. The van der Waals surface area contributed by atoms with Gasteiger partial charge in [-0.3, -0.25) is 4.79 Å². The van der Waals surface area contributed by atoms with Crippen molar-refractivity contribution < 1.29 is 13.9 Å². The van der Waals surface area contributed by atoms with Crippen molar-refractivity contribution >= 4 is 43.5 Å². The second kappa shape index (κ2) is 5.99. The van der Waals surface area contributed by atoms with Gasteiger partial charge in [-0.25, -0.2) is 0 Å². The van der Waals surface area contributed by atoms with E-state index in [1.165, 1.54) is 0 Å². The predicted molar refractivity (Wildman–Crippen MR) is 106 cm³/mol. The lowest BCUT2D eigenvalue weighted by Gasteiger charge is -2.18. The van der Waals surface area contributed by atoms with Gasteiger partial charge in [0.15, 0.2) is 5.78 Å². The number of para-hydroxylation sites is 1. The fourth-order valence-corrected chi connectivity index (χ4v) is 3.95. The Hall–Kier alpha value is -2.59. The van der Waals surface area contributed by atoms with E-state index in [0.29, 0.717) is 23.5 Å². The van der Waals surface area contributed by atoms with Gasteiger partial charge in [0.2, 0.25) is 0 Å². The van der Waals surface area contributed by atoms with E-state index in [9.17, 15) is 4.79 Å². The first-order valence-electron chi connectivity index (χ1n) is 8.60. The minimum atomic E-state index is 0.0145. The van der Waals surface area contributed by atoms with Crippen LogP contribution in [0.25, 0.3) is 33.1 Å².